The number of piperidine rings is 5. The molecule has 5 fully saturated rings. The number of carbonyl (C=O) groups is 2. The third-order valence-electron chi connectivity index (χ3n) is 17.1. The van der Waals surface area contributed by atoms with Crippen molar-refractivity contribution in [1.29, 1.82) is 0 Å². The molecular formula is C63H90N14O6. The van der Waals surface area contributed by atoms with Crippen molar-refractivity contribution in [2.75, 3.05) is 115 Å². The number of urea groups is 1. The number of hydrogen-bond acceptors (Lipinski definition) is 15. The number of rotatable bonds is 14. The van der Waals surface area contributed by atoms with E-state index in [4.69, 9.17) is 16.5 Å². The smallest absolute Gasteiger partial charge is 0.317 e. The van der Waals surface area contributed by atoms with Gasteiger partial charge in [0.15, 0.2) is 11.5 Å². The van der Waals surface area contributed by atoms with Crippen LogP contribution < -0.4 is 32.3 Å². The Morgan fingerprint density at radius 1 is 0.614 bits per heavy atom. The number of nitrogen functional groups attached to an aromatic ring is 1. The van der Waals surface area contributed by atoms with E-state index < -0.39 is 5.91 Å². The van der Waals surface area contributed by atoms with E-state index in [1.807, 2.05) is 48.5 Å². The monoisotopic (exact) mass is 1140 g/mol. The van der Waals surface area contributed by atoms with Gasteiger partial charge in [0.2, 0.25) is 0 Å². The second-order valence-corrected chi connectivity index (χ2v) is 22.7. The molecule has 5 saturated heterocycles. The molecule has 0 saturated carbocycles. The molecule has 1 atom stereocenters. The zero-order valence-electron chi connectivity index (χ0n) is 49.6. The topological polar surface area (TPSA) is 251 Å². The van der Waals surface area contributed by atoms with Gasteiger partial charge in [-0.1, -0.05) is 69.3 Å². The molecule has 448 valence electrons. The Balaban J connectivity index is 0.000000175. The van der Waals surface area contributed by atoms with Gasteiger partial charge in [-0.2, -0.15) is 0 Å². The highest BCUT2D eigenvalue weighted by atomic mass is 16.6. The SMILES string of the molecule is CCN1CCC(c2ccc(N)cc2)CC1.CCN1CCC(c2ccc(Nc3nc(N4CCC[C@@H](NC(=O)N(C)C)C4)cnc3C(N)=O)cc2)CC1.CCN1CCC(c2ccc([N+](=O)[O-])cc2)CC1.O=[N+]([O-])c1ccc(C2CCNCC2)cc1. The van der Waals surface area contributed by atoms with Gasteiger partial charge in [-0.25, -0.2) is 14.8 Å². The van der Waals surface area contributed by atoms with Crippen LogP contribution in [-0.4, -0.2) is 157 Å². The van der Waals surface area contributed by atoms with Gasteiger partial charge in [0.05, 0.1) is 16.0 Å². The molecule has 0 unspecified atom stereocenters. The van der Waals surface area contributed by atoms with Gasteiger partial charge in [-0.3, -0.25) is 25.0 Å². The van der Waals surface area contributed by atoms with Crippen molar-refractivity contribution in [3.05, 3.63) is 151 Å². The molecule has 20 nitrogen and oxygen atoms in total. The molecule has 5 aliphatic heterocycles. The van der Waals surface area contributed by atoms with Crippen LogP contribution in [0.1, 0.15) is 141 Å². The Morgan fingerprint density at radius 2 is 1.02 bits per heavy atom. The van der Waals surface area contributed by atoms with E-state index in [-0.39, 0.29) is 39.0 Å². The van der Waals surface area contributed by atoms with Crippen LogP contribution in [0.4, 0.5) is 39.2 Å². The van der Waals surface area contributed by atoms with E-state index in [0.29, 0.717) is 35.9 Å². The van der Waals surface area contributed by atoms with Crippen LogP contribution in [0, 0.1) is 20.2 Å². The fourth-order valence-electron chi connectivity index (χ4n) is 11.8. The minimum absolute atomic E-state index is 0.0133. The molecule has 0 radical (unpaired) electrons. The lowest BCUT2D eigenvalue weighted by molar-refractivity contribution is -0.385. The van der Waals surface area contributed by atoms with Crippen LogP contribution in [0.3, 0.4) is 0 Å². The van der Waals surface area contributed by atoms with Crippen LogP contribution in [0.5, 0.6) is 0 Å². The van der Waals surface area contributed by atoms with Gasteiger partial charge in [0.25, 0.3) is 17.3 Å². The Labute approximate surface area is 491 Å². The molecule has 0 spiro atoms. The maximum absolute atomic E-state index is 12.1. The van der Waals surface area contributed by atoms with Gasteiger partial charge >= 0.3 is 6.03 Å². The Bertz CT molecular complexity index is 2790. The average molecular weight is 1140 g/mol. The summed E-state index contributed by atoms with van der Waals surface area (Å²) >= 11 is 0. The van der Waals surface area contributed by atoms with E-state index in [9.17, 15) is 29.8 Å². The molecular weight excluding hydrogens is 1050 g/mol. The molecule has 7 N–H and O–H groups in total. The fourth-order valence-corrected chi connectivity index (χ4v) is 11.8. The number of non-ortho nitro benzene ring substituents is 2. The van der Waals surface area contributed by atoms with Gasteiger partial charge in [-0.05, 0) is 206 Å². The largest absolute Gasteiger partial charge is 0.399 e. The number of primary amides is 1. The maximum atomic E-state index is 12.1. The zero-order valence-corrected chi connectivity index (χ0v) is 49.6. The molecule has 0 bridgehead atoms. The number of anilines is 4. The summed E-state index contributed by atoms with van der Waals surface area (Å²) in [5.41, 5.74) is 18.7. The van der Waals surface area contributed by atoms with Crippen LogP contribution >= 0.6 is 0 Å². The van der Waals surface area contributed by atoms with Gasteiger partial charge in [0.1, 0.15) is 5.82 Å². The van der Waals surface area contributed by atoms with Crippen molar-refractivity contribution in [3.63, 3.8) is 0 Å². The number of hydrogen-bond donors (Lipinski definition) is 5. The van der Waals surface area contributed by atoms with Crippen LogP contribution in [0.25, 0.3) is 0 Å². The summed E-state index contributed by atoms with van der Waals surface area (Å²) in [4.78, 5) is 64.6. The maximum Gasteiger partial charge on any atom is 0.317 e. The van der Waals surface area contributed by atoms with Crippen molar-refractivity contribution >= 4 is 46.3 Å². The van der Waals surface area contributed by atoms with E-state index in [1.165, 1.54) is 72.5 Å². The summed E-state index contributed by atoms with van der Waals surface area (Å²) in [5, 5.41) is 30.7. The van der Waals surface area contributed by atoms with E-state index in [1.54, 1.807) is 44.6 Å². The molecule has 20 heteroatoms. The van der Waals surface area contributed by atoms with Gasteiger partial charge < -0.3 is 51.9 Å². The molecule has 4 aromatic carbocycles. The molecule has 5 aromatic rings. The third kappa shape index (κ3) is 19.1. The third-order valence-corrected chi connectivity index (χ3v) is 17.1. The highest BCUT2D eigenvalue weighted by Crippen LogP contribution is 2.33. The Kier molecular flexibility index (Phi) is 24.4. The number of carbonyl (C=O) groups excluding carboxylic acids is 2. The number of benzene rings is 4. The first-order chi connectivity index (χ1) is 40.1. The lowest BCUT2D eigenvalue weighted by Crippen LogP contribution is -2.50. The quantitative estimate of drug-likeness (QED) is 0.0394. The number of nitro benzene ring substituents is 2. The molecule has 6 heterocycles. The zero-order chi connectivity index (χ0) is 59.3. The number of nitrogens with one attached hydrogen (secondary N) is 3. The predicted molar refractivity (Wildman–Crippen MR) is 332 cm³/mol. The summed E-state index contributed by atoms with van der Waals surface area (Å²) < 4.78 is 0. The van der Waals surface area contributed by atoms with Crippen molar-refractivity contribution in [3.8, 4) is 0 Å². The van der Waals surface area contributed by atoms with Crippen molar-refractivity contribution in [1.82, 2.24) is 40.2 Å². The summed E-state index contributed by atoms with van der Waals surface area (Å²) in [7, 11) is 3.45. The lowest BCUT2D eigenvalue weighted by atomic mass is 9.89. The van der Waals surface area contributed by atoms with Gasteiger partial charge in [-0.15, -0.1) is 0 Å². The lowest BCUT2D eigenvalue weighted by Gasteiger charge is -2.34. The van der Waals surface area contributed by atoms with Crippen LogP contribution in [0.2, 0.25) is 0 Å². The predicted octanol–water partition coefficient (Wildman–Crippen LogP) is 10.1. The normalized spacial score (nSPS) is 18.7. The number of nitro groups is 2. The molecule has 0 aliphatic carbocycles. The second-order valence-electron chi connectivity index (χ2n) is 22.7. The molecule has 1 aromatic heterocycles. The standard InChI is InChI=1S/C26H38N8O2.C13H18N2O2.C13H20N2.C11H14N2O2/c1-4-33-14-11-19(12-15-33)18-7-9-20(10-8-18)29-25-23(24(27)35)28-16-22(31-25)34-13-5-6-21(17-34)30-26(36)32(2)3;1-2-14-9-7-12(8-10-14)11-3-5-13(6-4-11)15(16)17;1-2-15-9-7-12(8-10-15)11-3-5-13(14)6-4-11;14-13(15)11-3-1-9(2-4-11)10-5-7-12-8-6-10/h7-10,16,19,21H,4-6,11-15,17H2,1-3H3,(H2,27,35)(H,29,31)(H,30,36);3-6,12H,2,7-10H2,1H3;3-6,12H,2,7-10,14H2,1H3;1-4,10,12H,5-8H2/t21-;;;/m1.../s1. The van der Waals surface area contributed by atoms with E-state index in [2.05, 4.69) is 85.6 Å². The molecule has 10 rings (SSSR count). The molecule has 5 aliphatic rings. The number of likely N-dealkylation sites (tertiary alicyclic amines) is 3. The summed E-state index contributed by atoms with van der Waals surface area (Å²) in [6.45, 7) is 20.6. The average Bonchev–Trinajstić information content (AvgIpc) is 3.67. The first-order valence-corrected chi connectivity index (χ1v) is 30.1. The van der Waals surface area contributed by atoms with Gasteiger partial charge in [0, 0.05) is 68.9 Å². The van der Waals surface area contributed by atoms with Crippen molar-refractivity contribution in [2.45, 2.75) is 115 Å². The summed E-state index contributed by atoms with van der Waals surface area (Å²) in [6.07, 6.45) is 12.9. The molecule has 3 amide bonds. The van der Waals surface area contributed by atoms with Crippen molar-refractivity contribution < 1.29 is 19.4 Å². The Hall–Kier alpha value is -7.26. The number of aromatic nitrogens is 2. The van der Waals surface area contributed by atoms with Crippen LogP contribution in [0.15, 0.2) is 103 Å². The summed E-state index contributed by atoms with van der Waals surface area (Å²) in [5.74, 6) is 2.80. The van der Waals surface area contributed by atoms with Crippen LogP contribution in [-0.2, 0) is 0 Å². The summed E-state index contributed by atoms with van der Waals surface area (Å²) in [6, 6.07) is 30.6. The second kappa shape index (κ2) is 32.0. The minimum Gasteiger partial charge on any atom is -0.399 e. The first kappa shape index (κ1) is 63.3. The minimum atomic E-state index is -0.634. The molecule has 83 heavy (non-hydrogen) atoms. The van der Waals surface area contributed by atoms with Crippen molar-refractivity contribution in [2.24, 2.45) is 5.73 Å². The Morgan fingerprint density at radius 3 is 1.42 bits per heavy atom. The number of amides is 3. The fraction of sp³-hybridized carbons (Fsp3) is 0.524. The number of nitrogens with zero attached hydrogens (tertiary/aromatic N) is 9. The van der Waals surface area contributed by atoms with E-state index >= 15 is 0 Å². The van der Waals surface area contributed by atoms with E-state index in [0.717, 1.165) is 115 Å². The number of nitrogens with two attached hydrogens (primary N) is 2. The highest BCUT2D eigenvalue weighted by molar-refractivity contribution is 5.96. The highest BCUT2D eigenvalue weighted by Gasteiger charge is 2.26. The first-order valence-electron chi connectivity index (χ1n) is 30.1.